The summed E-state index contributed by atoms with van der Waals surface area (Å²) in [5.74, 6) is -1.20. The van der Waals surface area contributed by atoms with Gasteiger partial charge in [-0.1, -0.05) is 23.9 Å². The summed E-state index contributed by atoms with van der Waals surface area (Å²) in [7, 11) is 0. The lowest BCUT2D eigenvalue weighted by Crippen LogP contribution is -2.45. The number of nitrogens with zero attached hydrogens (tertiary/aromatic N) is 4. The highest BCUT2D eigenvalue weighted by Crippen LogP contribution is 2.27. The molecule has 2 unspecified atom stereocenters. The van der Waals surface area contributed by atoms with Gasteiger partial charge >= 0.3 is 0 Å². The molecule has 1 aromatic carbocycles. The lowest BCUT2D eigenvalue weighted by atomic mass is 10.1. The zero-order valence-electron chi connectivity index (χ0n) is 18.0. The summed E-state index contributed by atoms with van der Waals surface area (Å²) in [4.78, 5) is 30.8. The maximum absolute atomic E-state index is 14.0. The van der Waals surface area contributed by atoms with Crippen molar-refractivity contribution in [3.8, 4) is 0 Å². The molecule has 5 N–H and O–H groups in total. The Kier molecular flexibility index (Phi) is 7.05. The third-order valence-corrected chi connectivity index (χ3v) is 6.22. The molecule has 3 heterocycles. The largest absolute Gasteiger partial charge is 0.394 e. The van der Waals surface area contributed by atoms with Crippen molar-refractivity contribution in [3.63, 3.8) is 0 Å². The van der Waals surface area contributed by atoms with Crippen LogP contribution in [-0.2, 0) is 5.75 Å². The Morgan fingerprint density at radius 2 is 2.18 bits per heavy atom. The highest BCUT2D eigenvalue weighted by molar-refractivity contribution is 7.98. The van der Waals surface area contributed by atoms with Gasteiger partial charge in [0.05, 0.1) is 6.61 Å². The number of H-pyrrole nitrogens is 1. The minimum Gasteiger partial charge on any atom is -0.394 e. The van der Waals surface area contributed by atoms with Crippen LogP contribution in [0.25, 0.3) is 11.2 Å². The summed E-state index contributed by atoms with van der Waals surface area (Å²) in [5.41, 5.74) is 6.37. The predicted octanol–water partition coefficient (Wildman–Crippen LogP) is 2.00. The van der Waals surface area contributed by atoms with E-state index >= 15 is 0 Å². The number of benzene rings is 1. The number of anilines is 2. The summed E-state index contributed by atoms with van der Waals surface area (Å²) in [6.07, 6.45) is 1.74. The van der Waals surface area contributed by atoms with Crippen LogP contribution in [0.1, 0.15) is 25.3 Å². The molecule has 12 heteroatoms. The Balaban J connectivity index is 1.71. The SMILES string of the molecule is CC(CO)Nc1nc(SCc2cccc(F)c2F)nc2[nH]c(=O)c(N3CCCC(N)C3)nc12. The van der Waals surface area contributed by atoms with Gasteiger partial charge in [-0.3, -0.25) is 4.79 Å². The minimum absolute atomic E-state index is 0.0408. The summed E-state index contributed by atoms with van der Waals surface area (Å²) < 4.78 is 27.5. The van der Waals surface area contributed by atoms with Crippen molar-refractivity contribution in [3.05, 3.63) is 45.8 Å². The minimum atomic E-state index is -0.926. The lowest BCUT2D eigenvalue weighted by Gasteiger charge is -2.31. The standard InChI is InChI=1S/C21H25F2N7O2S/c1-11(9-31)25-17-16-18(27-20(32)19(26-16)30-7-3-5-13(24)8-30)29-21(28-17)33-10-12-4-2-6-14(22)15(12)23/h2,4,6,11,13,31H,3,5,7-10,24H2,1H3,(H2,25,27,28,29,32). The van der Waals surface area contributed by atoms with E-state index in [4.69, 9.17) is 5.73 Å². The second kappa shape index (κ2) is 9.98. The maximum Gasteiger partial charge on any atom is 0.292 e. The number of fused-ring (bicyclic) bond motifs is 1. The average Bonchev–Trinajstić information content (AvgIpc) is 2.79. The molecular formula is C21H25F2N7O2S. The number of aliphatic hydroxyl groups is 1. The molecule has 33 heavy (non-hydrogen) atoms. The Morgan fingerprint density at radius 1 is 1.36 bits per heavy atom. The van der Waals surface area contributed by atoms with Gasteiger partial charge in [-0.25, -0.2) is 23.7 Å². The molecule has 2 atom stereocenters. The number of hydrogen-bond acceptors (Lipinski definition) is 9. The van der Waals surface area contributed by atoms with E-state index in [1.54, 1.807) is 6.92 Å². The van der Waals surface area contributed by atoms with Crippen molar-refractivity contribution < 1.29 is 13.9 Å². The molecule has 3 aromatic rings. The summed E-state index contributed by atoms with van der Waals surface area (Å²) >= 11 is 1.09. The number of aliphatic hydroxyl groups excluding tert-OH is 1. The predicted molar refractivity (Wildman–Crippen MR) is 123 cm³/mol. The van der Waals surface area contributed by atoms with Gasteiger partial charge in [-0.05, 0) is 25.8 Å². The molecule has 1 saturated heterocycles. The normalized spacial score (nSPS) is 17.4. The molecule has 0 spiro atoms. The Labute approximate surface area is 192 Å². The van der Waals surface area contributed by atoms with Crippen LogP contribution in [0.3, 0.4) is 0 Å². The van der Waals surface area contributed by atoms with Gasteiger partial charge in [0.15, 0.2) is 39.6 Å². The monoisotopic (exact) mass is 477 g/mol. The quantitative estimate of drug-likeness (QED) is 0.298. The molecular weight excluding hydrogens is 452 g/mol. The van der Waals surface area contributed by atoms with Gasteiger partial charge in [0, 0.05) is 36.5 Å². The van der Waals surface area contributed by atoms with E-state index in [0.717, 1.165) is 30.7 Å². The number of halogens is 2. The van der Waals surface area contributed by atoms with Crippen LogP contribution < -0.4 is 21.5 Å². The molecule has 1 aliphatic rings. The van der Waals surface area contributed by atoms with Gasteiger partial charge in [0.2, 0.25) is 0 Å². The smallest absolute Gasteiger partial charge is 0.292 e. The molecule has 0 radical (unpaired) electrons. The van der Waals surface area contributed by atoms with Gasteiger partial charge in [0.1, 0.15) is 0 Å². The Morgan fingerprint density at radius 3 is 2.94 bits per heavy atom. The van der Waals surface area contributed by atoms with Crippen molar-refractivity contribution in [2.75, 3.05) is 29.9 Å². The second-order valence-electron chi connectivity index (χ2n) is 8.02. The molecule has 4 rings (SSSR count). The second-order valence-corrected chi connectivity index (χ2v) is 8.96. The zero-order valence-corrected chi connectivity index (χ0v) is 18.8. The van der Waals surface area contributed by atoms with Crippen LogP contribution in [0.15, 0.2) is 28.2 Å². The van der Waals surface area contributed by atoms with Crippen molar-refractivity contribution in [2.24, 2.45) is 5.73 Å². The molecule has 0 saturated carbocycles. The van der Waals surface area contributed by atoms with Gasteiger partial charge in [-0.2, -0.15) is 0 Å². The topological polar surface area (TPSA) is 133 Å². The van der Waals surface area contributed by atoms with E-state index in [1.807, 2.05) is 4.90 Å². The number of hydrogen-bond donors (Lipinski definition) is 4. The Hall–Kier alpha value is -2.83. The van der Waals surface area contributed by atoms with Gasteiger partial charge in [-0.15, -0.1) is 0 Å². The Bertz CT molecular complexity index is 1210. The molecule has 0 bridgehead atoms. The molecule has 0 amide bonds. The van der Waals surface area contributed by atoms with Crippen molar-refractivity contribution >= 4 is 34.6 Å². The third-order valence-electron chi connectivity index (χ3n) is 5.32. The molecule has 0 aliphatic carbocycles. The van der Waals surface area contributed by atoms with E-state index in [2.05, 4.69) is 25.3 Å². The summed E-state index contributed by atoms with van der Waals surface area (Å²) in [5, 5.41) is 12.8. The van der Waals surface area contributed by atoms with Crippen LogP contribution >= 0.6 is 11.8 Å². The molecule has 2 aromatic heterocycles. The number of nitrogens with one attached hydrogen (secondary N) is 2. The number of piperidine rings is 1. The molecule has 176 valence electrons. The van der Waals surface area contributed by atoms with E-state index in [-0.39, 0.29) is 46.6 Å². The first-order valence-electron chi connectivity index (χ1n) is 10.6. The highest BCUT2D eigenvalue weighted by atomic mass is 32.2. The number of thioether (sulfide) groups is 1. The number of nitrogens with two attached hydrogens (primary N) is 1. The van der Waals surface area contributed by atoms with E-state index in [1.165, 1.54) is 12.1 Å². The fourth-order valence-electron chi connectivity index (χ4n) is 3.61. The molecule has 1 fully saturated rings. The first kappa shape index (κ1) is 23.3. The van der Waals surface area contributed by atoms with Crippen molar-refractivity contribution in [1.82, 2.24) is 19.9 Å². The number of rotatable bonds is 7. The average molecular weight is 478 g/mol. The third kappa shape index (κ3) is 5.23. The van der Waals surface area contributed by atoms with Crippen LogP contribution in [0.5, 0.6) is 0 Å². The summed E-state index contributed by atoms with van der Waals surface area (Å²) in [6, 6.07) is 3.58. The van der Waals surface area contributed by atoms with Gasteiger partial charge in [0.25, 0.3) is 5.56 Å². The van der Waals surface area contributed by atoms with Crippen molar-refractivity contribution in [1.29, 1.82) is 0 Å². The van der Waals surface area contributed by atoms with Crippen LogP contribution in [0, 0.1) is 11.6 Å². The van der Waals surface area contributed by atoms with Crippen molar-refractivity contribution in [2.45, 2.75) is 42.8 Å². The molecule has 1 aliphatic heterocycles. The van der Waals surface area contributed by atoms with Gasteiger partial charge < -0.3 is 26.0 Å². The maximum atomic E-state index is 14.0. The number of aromatic nitrogens is 4. The van der Waals surface area contributed by atoms with Crippen LogP contribution in [-0.4, -0.2) is 56.8 Å². The van der Waals surface area contributed by atoms with Crippen LogP contribution in [0.2, 0.25) is 0 Å². The zero-order chi connectivity index (χ0) is 23.5. The lowest BCUT2D eigenvalue weighted by molar-refractivity contribution is 0.281. The first-order chi connectivity index (χ1) is 15.9. The first-order valence-corrected chi connectivity index (χ1v) is 11.6. The van der Waals surface area contributed by atoms with Crippen LogP contribution in [0.4, 0.5) is 20.4 Å². The fourth-order valence-corrected chi connectivity index (χ4v) is 4.43. The van der Waals surface area contributed by atoms with E-state index in [0.29, 0.717) is 24.4 Å². The number of aromatic amines is 1. The summed E-state index contributed by atoms with van der Waals surface area (Å²) in [6.45, 7) is 2.79. The fraction of sp³-hybridized carbons (Fsp3) is 0.429. The van der Waals surface area contributed by atoms with E-state index < -0.39 is 17.2 Å². The molecule has 9 nitrogen and oxygen atoms in total. The highest BCUT2D eigenvalue weighted by Gasteiger charge is 2.23. The van der Waals surface area contributed by atoms with E-state index in [9.17, 15) is 18.7 Å².